The van der Waals surface area contributed by atoms with Gasteiger partial charge in [-0.1, -0.05) is 0 Å². The van der Waals surface area contributed by atoms with Gasteiger partial charge in [-0.2, -0.15) is 0 Å². The lowest BCUT2D eigenvalue weighted by atomic mass is 10.1. The summed E-state index contributed by atoms with van der Waals surface area (Å²) >= 11 is 0. The normalized spacial score (nSPS) is 15.2. The maximum atomic E-state index is 12.7. The van der Waals surface area contributed by atoms with Crippen molar-refractivity contribution in [3.63, 3.8) is 0 Å². The zero-order valence-corrected chi connectivity index (χ0v) is 10.2. The Bertz CT molecular complexity index is 493. The summed E-state index contributed by atoms with van der Waals surface area (Å²) in [6.45, 7) is 1.52. The molecule has 0 spiro atoms. The van der Waals surface area contributed by atoms with Gasteiger partial charge in [0.1, 0.15) is 5.82 Å². The highest BCUT2D eigenvalue weighted by molar-refractivity contribution is 6.42. The van der Waals surface area contributed by atoms with Crippen LogP contribution >= 0.6 is 0 Å². The first-order valence-corrected chi connectivity index (χ1v) is 5.90. The summed E-state index contributed by atoms with van der Waals surface area (Å²) in [7, 11) is 0. The van der Waals surface area contributed by atoms with Crippen LogP contribution in [0.25, 0.3) is 0 Å². The zero-order chi connectivity index (χ0) is 13.8. The summed E-state index contributed by atoms with van der Waals surface area (Å²) in [5.74, 6) is -1.72. The van der Waals surface area contributed by atoms with Gasteiger partial charge in [-0.3, -0.25) is 14.4 Å². The van der Waals surface area contributed by atoms with Crippen LogP contribution in [0.5, 0.6) is 0 Å². The van der Waals surface area contributed by atoms with Gasteiger partial charge in [0.25, 0.3) is 5.91 Å². The molecule has 0 unspecified atom stereocenters. The highest BCUT2D eigenvalue weighted by atomic mass is 19.1. The SMILES string of the molecule is O=CN1CCN(C(=O)C(=O)c2ccc(F)cc2)CC1. The fraction of sp³-hybridized carbons (Fsp3) is 0.308. The molecule has 0 aromatic heterocycles. The molecule has 0 radical (unpaired) electrons. The van der Waals surface area contributed by atoms with Gasteiger partial charge in [-0.05, 0) is 24.3 Å². The summed E-state index contributed by atoms with van der Waals surface area (Å²) in [5, 5.41) is 0. The molecule has 0 aliphatic carbocycles. The number of Topliss-reactive ketones (excluding diaryl/α,β-unsaturated/α-hetero) is 1. The Kier molecular flexibility index (Phi) is 3.89. The van der Waals surface area contributed by atoms with E-state index in [1.54, 1.807) is 4.90 Å². The van der Waals surface area contributed by atoms with E-state index in [0.29, 0.717) is 26.2 Å². The Hall–Kier alpha value is -2.24. The zero-order valence-electron chi connectivity index (χ0n) is 10.2. The molecule has 1 aliphatic heterocycles. The van der Waals surface area contributed by atoms with Gasteiger partial charge in [0.2, 0.25) is 12.2 Å². The molecule has 5 nitrogen and oxygen atoms in total. The summed E-state index contributed by atoms with van der Waals surface area (Å²) in [6.07, 6.45) is 0.726. The Morgan fingerprint density at radius 2 is 1.63 bits per heavy atom. The maximum Gasteiger partial charge on any atom is 0.295 e. The van der Waals surface area contributed by atoms with Gasteiger partial charge in [-0.25, -0.2) is 4.39 Å². The van der Waals surface area contributed by atoms with Crippen LogP contribution in [0.2, 0.25) is 0 Å². The second kappa shape index (κ2) is 5.60. The summed E-state index contributed by atoms with van der Waals surface area (Å²) < 4.78 is 12.7. The standard InChI is InChI=1S/C13H13FN2O3/c14-11-3-1-10(2-4-11)12(18)13(19)16-7-5-15(9-17)6-8-16/h1-4,9H,5-8H2. The molecule has 0 bridgehead atoms. The van der Waals surface area contributed by atoms with Crippen molar-refractivity contribution in [2.24, 2.45) is 0 Å². The molecule has 1 aromatic carbocycles. The monoisotopic (exact) mass is 264 g/mol. The van der Waals surface area contributed by atoms with E-state index >= 15 is 0 Å². The molecule has 0 N–H and O–H groups in total. The molecule has 0 atom stereocenters. The van der Waals surface area contributed by atoms with Crippen molar-refractivity contribution in [2.45, 2.75) is 0 Å². The third kappa shape index (κ3) is 2.96. The molecule has 1 fully saturated rings. The lowest BCUT2D eigenvalue weighted by Crippen LogP contribution is -2.50. The molecule has 1 aliphatic rings. The Morgan fingerprint density at radius 3 is 2.16 bits per heavy atom. The largest absolute Gasteiger partial charge is 0.342 e. The molecule has 100 valence electrons. The smallest absolute Gasteiger partial charge is 0.295 e. The lowest BCUT2D eigenvalue weighted by Gasteiger charge is -2.32. The van der Waals surface area contributed by atoms with Crippen molar-refractivity contribution in [1.82, 2.24) is 9.80 Å². The van der Waals surface area contributed by atoms with Crippen LogP contribution in [0, 0.1) is 5.82 Å². The third-order valence-electron chi connectivity index (χ3n) is 3.05. The quantitative estimate of drug-likeness (QED) is 0.448. The first kappa shape index (κ1) is 13.2. The molecular formula is C13H13FN2O3. The molecule has 1 aromatic rings. The first-order valence-electron chi connectivity index (χ1n) is 5.90. The molecule has 2 amide bonds. The van der Waals surface area contributed by atoms with Crippen molar-refractivity contribution < 1.29 is 18.8 Å². The minimum atomic E-state index is -0.653. The van der Waals surface area contributed by atoms with E-state index in [9.17, 15) is 18.8 Å². The fourth-order valence-electron chi connectivity index (χ4n) is 1.90. The van der Waals surface area contributed by atoms with Crippen LogP contribution in [0.3, 0.4) is 0 Å². The molecule has 6 heteroatoms. The van der Waals surface area contributed by atoms with Gasteiger partial charge in [0.15, 0.2) is 0 Å². The number of carbonyl (C=O) groups excluding carboxylic acids is 3. The Balaban J connectivity index is 2.02. The number of halogens is 1. The van der Waals surface area contributed by atoms with E-state index in [0.717, 1.165) is 18.5 Å². The lowest BCUT2D eigenvalue weighted by molar-refractivity contribution is -0.131. The average Bonchev–Trinajstić information content (AvgIpc) is 2.46. The number of amides is 2. The number of carbonyl (C=O) groups is 3. The maximum absolute atomic E-state index is 12.7. The second-order valence-electron chi connectivity index (χ2n) is 4.27. The van der Waals surface area contributed by atoms with Gasteiger partial charge >= 0.3 is 0 Å². The van der Waals surface area contributed by atoms with Crippen LogP contribution in [0.1, 0.15) is 10.4 Å². The highest BCUT2D eigenvalue weighted by Crippen LogP contribution is 2.08. The van der Waals surface area contributed by atoms with Crippen LogP contribution in [0.15, 0.2) is 24.3 Å². The van der Waals surface area contributed by atoms with Crippen molar-refractivity contribution >= 4 is 18.1 Å². The highest BCUT2D eigenvalue weighted by Gasteiger charge is 2.26. The van der Waals surface area contributed by atoms with E-state index in [-0.39, 0.29) is 5.56 Å². The molecule has 1 saturated heterocycles. The summed E-state index contributed by atoms with van der Waals surface area (Å²) in [4.78, 5) is 37.4. The fourth-order valence-corrected chi connectivity index (χ4v) is 1.90. The van der Waals surface area contributed by atoms with Crippen molar-refractivity contribution in [2.75, 3.05) is 26.2 Å². The molecule has 0 saturated carbocycles. The van der Waals surface area contributed by atoms with E-state index in [2.05, 4.69) is 0 Å². The van der Waals surface area contributed by atoms with E-state index in [1.807, 2.05) is 0 Å². The molecule has 2 rings (SSSR count). The minimum absolute atomic E-state index is 0.171. The number of hydrogen-bond donors (Lipinski definition) is 0. The third-order valence-corrected chi connectivity index (χ3v) is 3.05. The number of ketones is 1. The van der Waals surface area contributed by atoms with Gasteiger partial charge in [-0.15, -0.1) is 0 Å². The van der Waals surface area contributed by atoms with Crippen molar-refractivity contribution in [3.8, 4) is 0 Å². The van der Waals surface area contributed by atoms with Crippen molar-refractivity contribution in [1.29, 1.82) is 0 Å². The van der Waals surface area contributed by atoms with Crippen LogP contribution in [-0.4, -0.2) is 54.1 Å². The average molecular weight is 264 g/mol. The van der Waals surface area contributed by atoms with E-state index < -0.39 is 17.5 Å². The van der Waals surface area contributed by atoms with Crippen LogP contribution < -0.4 is 0 Å². The minimum Gasteiger partial charge on any atom is -0.342 e. The van der Waals surface area contributed by atoms with Crippen LogP contribution in [-0.2, 0) is 9.59 Å². The molecular weight excluding hydrogens is 251 g/mol. The van der Waals surface area contributed by atoms with Crippen LogP contribution in [0.4, 0.5) is 4.39 Å². The van der Waals surface area contributed by atoms with Gasteiger partial charge < -0.3 is 9.80 Å². The Labute approximate surface area is 109 Å². The second-order valence-corrected chi connectivity index (χ2v) is 4.27. The molecule has 1 heterocycles. The predicted octanol–water partition coefficient (Wildman–Crippen LogP) is 0.309. The number of rotatable bonds is 3. The van der Waals surface area contributed by atoms with E-state index in [1.165, 1.54) is 17.0 Å². The number of hydrogen-bond acceptors (Lipinski definition) is 3. The van der Waals surface area contributed by atoms with Crippen molar-refractivity contribution in [3.05, 3.63) is 35.6 Å². The van der Waals surface area contributed by atoms with Gasteiger partial charge in [0.05, 0.1) is 0 Å². The summed E-state index contributed by atoms with van der Waals surface area (Å²) in [5.41, 5.74) is 0.171. The number of benzene rings is 1. The van der Waals surface area contributed by atoms with Gasteiger partial charge in [0, 0.05) is 31.7 Å². The predicted molar refractivity (Wildman–Crippen MR) is 64.9 cm³/mol. The number of nitrogens with zero attached hydrogens (tertiary/aromatic N) is 2. The Morgan fingerprint density at radius 1 is 1.05 bits per heavy atom. The van der Waals surface area contributed by atoms with E-state index in [4.69, 9.17) is 0 Å². The number of piperazine rings is 1. The molecule has 19 heavy (non-hydrogen) atoms. The topological polar surface area (TPSA) is 57.7 Å². The first-order chi connectivity index (χ1) is 9.11. The summed E-state index contributed by atoms with van der Waals surface area (Å²) in [6, 6.07) is 4.87.